The van der Waals surface area contributed by atoms with Gasteiger partial charge >= 0.3 is 6.09 Å². The Labute approximate surface area is 478 Å². The number of carbonyl (C=O) groups excluding carboxylic acids is 4. The number of Topliss-reactive ketones (excluding diaryl/α,β-unsaturated/α-hetero) is 1. The molecule has 0 saturated carbocycles. The van der Waals surface area contributed by atoms with E-state index in [0.717, 1.165) is 76.6 Å². The van der Waals surface area contributed by atoms with Gasteiger partial charge in [0.25, 0.3) is 11.8 Å². The van der Waals surface area contributed by atoms with Gasteiger partial charge in [0.05, 0.1) is 57.4 Å². The van der Waals surface area contributed by atoms with Crippen molar-refractivity contribution in [3.05, 3.63) is 136 Å². The second-order valence-corrected chi connectivity index (χ2v) is 28.3. The second-order valence-electron chi connectivity index (χ2n) is 22.6. The largest absolute Gasteiger partial charge is 0.493 e. The number of hydrogen-bond acceptors (Lipinski definition) is 13. The van der Waals surface area contributed by atoms with Crippen LogP contribution in [0.3, 0.4) is 0 Å². The van der Waals surface area contributed by atoms with Crippen molar-refractivity contribution in [2.24, 2.45) is 4.99 Å². The first kappa shape index (κ1) is 58.6. The van der Waals surface area contributed by atoms with E-state index < -0.39 is 14.2 Å². The van der Waals surface area contributed by atoms with Gasteiger partial charge in [0.2, 0.25) is 0 Å². The minimum Gasteiger partial charge on any atom is -0.493 e. The molecule has 0 bridgehead atoms. The lowest BCUT2D eigenvalue weighted by atomic mass is 9.99. The molecule has 17 heteroatoms. The molecule has 0 aliphatic carbocycles. The number of hydrogen-bond donors (Lipinski definition) is 1. The van der Waals surface area contributed by atoms with Gasteiger partial charge in [-0.15, -0.1) is 0 Å². The molecule has 0 radical (unpaired) electrons. The molecular formula is C64H79N5O11Si. The lowest BCUT2D eigenvalue weighted by molar-refractivity contribution is -0.119. The molecule has 81 heavy (non-hydrogen) atoms. The van der Waals surface area contributed by atoms with Gasteiger partial charge in [0.1, 0.15) is 24.7 Å². The highest BCUT2D eigenvalue weighted by Gasteiger charge is 2.39. The first-order valence-corrected chi connectivity index (χ1v) is 32.6. The molecule has 430 valence electrons. The van der Waals surface area contributed by atoms with Crippen LogP contribution in [0.5, 0.6) is 17.2 Å². The van der Waals surface area contributed by atoms with Gasteiger partial charge in [-0.25, -0.2) is 4.79 Å². The Kier molecular flexibility index (Phi) is 20.0. The van der Waals surface area contributed by atoms with Gasteiger partial charge in [-0.05, 0) is 140 Å². The molecule has 0 saturated heterocycles. The standard InChI is InChI=1S/C64H79N5O11Si/c1-7-25-75-28-29-76-27-24-67(23-14-18-53(70)17-12-13-26-80-66-64(73)77-30-31-81(4,5)6)51-34-45(42-78-59-40-56-55(32-44(59)2)63(72)69-52(41-65-56)37-49-16-9-11-20-58(49)69)33-46(35-51)43-79-61-38-47-21-22-50-36-48-15-8-10-19-57(48)68(50)62(71)54(47)39-60(61)74-3/h8-11,15-16,19-20,32-35,38-41,50,52H,7,12-14,17-18,21-31,36-37,42-43H2,1-6H3,(H,66,73)/t50-,52+/m1/s1. The van der Waals surface area contributed by atoms with Gasteiger partial charge in [0.15, 0.2) is 11.5 Å². The van der Waals surface area contributed by atoms with E-state index in [1.165, 1.54) is 5.56 Å². The molecule has 4 aliphatic rings. The van der Waals surface area contributed by atoms with Crippen LogP contribution in [0, 0.1) is 6.92 Å². The Morgan fingerprint density at radius 2 is 1.40 bits per heavy atom. The molecule has 0 aromatic heterocycles. The number of carbonyl (C=O) groups is 4. The third kappa shape index (κ3) is 15.1. The zero-order chi connectivity index (χ0) is 56.9. The maximum Gasteiger partial charge on any atom is 0.431 e. The monoisotopic (exact) mass is 1120 g/mol. The molecule has 4 aliphatic heterocycles. The minimum absolute atomic E-state index is 0.0287. The molecule has 0 fully saturated rings. The second kappa shape index (κ2) is 27.6. The summed E-state index contributed by atoms with van der Waals surface area (Å²) in [5.41, 5.74) is 12.7. The van der Waals surface area contributed by atoms with E-state index in [4.69, 9.17) is 38.3 Å². The predicted octanol–water partition coefficient (Wildman–Crippen LogP) is 11.7. The maximum absolute atomic E-state index is 14.3. The number of para-hydroxylation sites is 2. The number of nitrogens with zero attached hydrogens (tertiary/aromatic N) is 4. The molecule has 0 unspecified atom stereocenters. The predicted molar refractivity (Wildman–Crippen MR) is 318 cm³/mol. The molecule has 4 heterocycles. The van der Waals surface area contributed by atoms with Crippen LogP contribution in [0.2, 0.25) is 25.7 Å². The first-order chi connectivity index (χ1) is 39.3. The molecule has 9 rings (SSSR count). The number of aryl methyl sites for hydroxylation is 2. The van der Waals surface area contributed by atoms with E-state index in [-0.39, 0.29) is 49.5 Å². The van der Waals surface area contributed by atoms with E-state index in [1.807, 2.05) is 83.6 Å². The number of rotatable bonds is 29. The number of unbranched alkanes of at least 4 members (excludes halogenated alkanes) is 1. The molecule has 3 amide bonds. The summed E-state index contributed by atoms with van der Waals surface area (Å²) in [4.78, 5) is 70.0. The summed E-state index contributed by atoms with van der Waals surface area (Å²) in [6, 6.07) is 30.8. The van der Waals surface area contributed by atoms with Crippen LogP contribution in [0.25, 0.3) is 0 Å². The van der Waals surface area contributed by atoms with Crippen LogP contribution in [0.1, 0.15) is 106 Å². The average Bonchev–Trinajstić information content (AvgIpc) is 3.89. The Balaban J connectivity index is 0.918. The molecule has 16 nitrogen and oxygen atoms in total. The topological polar surface area (TPSA) is 167 Å². The number of ether oxygens (including phenoxy) is 6. The highest BCUT2D eigenvalue weighted by Crippen LogP contribution is 2.42. The normalized spacial score (nSPS) is 15.9. The number of ketones is 1. The Morgan fingerprint density at radius 1 is 0.704 bits per heavy atom. The third-order valence-corrected chi connectivity index (χ3v) is 17.0. The third-order valence-electron chi connectivity index (χ3n) is 15.3. The first-order valence-electron chi connectivity index (χ1n) is 28.8. The van der Waals surface area contributed by atoms with Crippen LogP contribution >= 0.6 is 0 Å². The number of nitrogens with one attached hydrogen (secondary N) is 1. The highest BCUT2D eigenvalue weighted by molar-refractivity contribution is 6.76. The molecule has 0 spiro atoms. The quantitative estimate of drug-likeness (QED) is 0.0274. The summed E-state index contributed by atoms with van der Waals surface area (Å²) in [5.74, 6) is 1.67. The maximum atomic E-state index is 14.3. The summed E-state index contributed by atoms with van der Waals surface area (Å²) in [6.07, 6.45) is 7.93. The summed E-state index contributed by atoms with van der Waals surface area (Å²) in [5, 5.41) is 0. The Hall–Kier alpha value is -7.05. The number of benzene rings is 5. The van der Waals surface area contributed by atoms with Crippen molar-refractivity contribution in [1.82, 2.24) is 5.48 Å². The molecule has 5 aromatic rings. The Morgan fingerprint density at radius 3 is 2.14 bits per heavy atom. The van der Waals surface area contributed by atoms with Crippen LogP contribution in [0.15, 0.2) is 96.0 Å². The highest BCUT2D eigenvalue weighted by atomic mass is 28.3. The minimum atomic E-state index is -1.32. The van der Waals surface area contributed by atoms with Crippen molar-refractivity contribution in [3.8, 4) is 17.2 Å². The molecule has 2 atom stereocenters. The number of methoxy groups -OCH3 is 1. The fourth-order valence-corrected chi connectivity index (χ4v) is 11.7. The number of fused-ring (bicyclic) bond motifs is 8. The van der Waals surface area contributed by atoms with Crippen molar-refractivity contribution in [1.29, 1.82) is 0 Å². The fourth-order valence-electron chi connectivity index (χ4n) is 11.0. The molecule has 5 aromatic carbocycles. The van der Waals surface area contributed by atoms with Crippen LogP contribution in [-0.2, 0) is 56.3 Å². The summed E-state index contributed by atoms with van der Waals surface area (Å²) < 4.78 is 36.3. The Bertz CT molecular complexity index is 3070. The van der Waals surface area contributed by atoms with E-state index >= 15 is 0 Å². The number of aliphatic imine (C=N–C) groups is 1. The smallest absolute Gasteiger partial charge is 0.431 e. The fraction of sp³-hybridized carbons (Fsp3) is 0.453. The SMILES string of the molecule is CCCOCCOCCN(CCCC(=O)CCCCONC(=O)OCC[Si](C)(C)C)c1cc(COc2cc3c(cc2C)C(=O)N2c4ccccc4C[C@H]2C=N3)cc(COc2cc3c(cc2OC)C(=O)N2c4ccccc4C[C@H]2CC3)c1. The summed E-state index contributed by atoms with van der Waals surface area (Å²) >= 11 is 0. The van der Waals surface area contributed by atoms with Crippen molar-refractivity contribution in [2.45, 2.75) is 129 Å². The number of anilines is 3. The zero-order valence-corrected chi connectivity index (χ0v) is 49.0. The molecular weight excluding hydrogens is 1040 g/mol. The van der Waals surface area contributed by atoms with E-state index in [2.05, 4.69) is 67.3 Å². The lowest BCUT2D eigenvalue weighted by Gasteiger charge is -2.26. The number of hydroxylamine groups is 1. The van der Waals surface area contributed by atoms with Gasteiger partial charge in [-0.1, -0.05) is 63.0 Å². The zero-order valence-electron chi connectivity index (χ0n) is 48.0. The van der Waals surface area contributed by atoms with Crippen LogP contribution < -0.4 is 34.4 Å². The number of amides is 3. The van der Waals surface area contributed by atoms with Crippen molar-refractivity contribution in [2.75, 3.05) is 74.5 Å². The lowest BCUT2D eigenvalue weighted by Crippen LogP contribution is -2.37. The molecule has 1 N–H and O–H groups in total. The van der Waals surface area contributed by atoms with Crippen LogP contribution in [0.4, 0.5) is 27.5 Å². The van der Waals surface area contributed by atoms with Crippen molar-refractivity contribution >= 4 is 60.7 Å². The van der Waals surface area contributed by atoms with Gasteiger partial charge in [-0.3, -0.25) is 29.1 Å². The van der Waals surface area contributed by atoms with Gasteiger partial charge in [-0.2, -0.15) is 5.48 Å². The van der Waals surface area contributed by atoms with E-state index in [0.29, 0.717) is 119 Å². The summed E-state index contributed by atoms with van der Waals surface area (Å²) in [7, 11) is 0.274. The van der Waals surface area contributed by atoms with Gasteiger partial charge in [0, 0.05) is 88.0 Å². The van der Waals surface area contributed by atoms with E-state index in [1.54, 1.807) is 7.11 Å². The van der Waals surface area contributed by atoms with Crippen molar-refractivity contribution < 1.29 is 52.4 Å². The van der Waals surface area contributed by atoms with Crippen LogP contribution in [-0.4, -0.2) is 110 Å². The van der Waals surface area contributed by atoms with Crippen molar-refractivity contribution in [3.63, 3.8) is 0 Å². The average molecular weight is 1120 g/mol. The van der Waals surface area contributed by atoms with Gasteiger partial charge < -0.3 is 38.2 Å². The van der Waals surface area contributed by atoms with E-state index in [9.17, 15) is 19.2 Å². The summed E-state index contributed by atoms with van der Waals surface area (Å²) in [6.45, 7) is 14.9.